The predicted molar refractivity (Wildman–Crippen MR) is 64.0 cm³/mol. The highest BCUT2D eigenvalue weighted by Gasteiger charge is 2.20. The van der Waals surface area contributed by atoms with Crippen LogP contribution in [-0.2, 0) is 15.9 Å². The second-order valence-corrected chi connectivity index (χ2v) is 4.13. The van der Waals surface area contributed by atoms with Crippen molar-refractivity contribution < 1.29 is 14.6 Å². The van der Waals surface area contributed by atoms with E-state index >= 15 is 0 Å². The summed E-state index contributed by atoms with van der Waals surface area (Å²) in [5, 5.41) is 10.9. The Balaban J connectivity index is 2.80. The number of aliphatic hydroxyl groups excluding tert-OH is 1. The number of halogens is 2. The molecule has 0 amide bonds. The second-order valence-electron chi connectivity index (χ2n) is 3.31. The smallest absolute Gasteiger partial charge is 0.183 e. The van der Waals surface area contributed by atoms with Crippen molar-refractivity contribution in [3.05, 3.63) is 33.8 Å². The Morgan fingerprint density at radius 3 is 2.12 bits per heavy atom. The third-order valence-corrected chi connectivity index (χ3v) is 2.96. The van der Waals surface area contributed by atoms with Gasteiger partial charge in [-0.2, -0.15) is 0 Å². The molecule has 5 heteroatoms. The SMILES string of the molecule is COC(OC)C(O)Cc1c(Cl)cccc1Cl. The van der Waals surface area contributed by atoms with E-state index in [9.17, 15) is 5.11 Å². The third-order valence-electron chi connectivity index (χ3n) is 2.25. The van der Waals surface area contributed by atoms with Gasteiger partial charge in [-0.1, -0.05) is 29.3 Å². The zero-order valence-corrected chi connectivity index (χ0v) is 10.6. The summed E-state index contributed by atoms with van der Waals surface area (Å²) in [5.74, 6) is 0. The summed E-state index contributed by atoms with van der Waals surface area (Å²) in [4.78, 5) is 0. The fraction of sp³-hybridized carbons (Fsp3) is 0.455. The van der Waals surface area contributed by atoms with Crippen molar-refractivity contribution in [2.24, 2.45) is 0 Å². The lowest BCUT2D eigenvalue weighted by atomic mass is 10.1. The molecule has 1 atom stereocenters. The van der Waals surface area contributed by atoms with Gasteiger partial charge >= 0.3 is 0 Å². The first-order chi connectivity index (χ1) is 7.60. The second kappa shape index (κ2) is 6.42. The van der Waals surface area contributed by atoms with Crippen LogP contribution in [0.15, 0.2) is 18.2 Å². The fourth-order valence-corrected chi connectivity index (χ4v) is 1.99. The van der Waals surface area contributed by atoms with Gasteiger partial charge in [0.2, 0.25) is 0 Å². The maximum Gasteiger partial charge on any atom is 0.183 e. The van der Waals surface area contributed by atoms with Gasteiger partial charge in [0.1, 0.15) is 6.10 Å². The molecule has 0 radical (unpaired) electrons. The molecule has 0 aliphatic rings. The van der Waals surface area contributed by atoms with E-state index in [1.165, 1.54) is 14.2 Å². The van der Waals surface area contributed by atoms with E-state index in [1.807, 2.05) is 0 Å². The van der Waals surface area contributed by atoms with Gasteiger partial charge in [-0.15, -0.1) is 0 Å². The molecule has 0 spiro atoms. The molecule has 1 unspecified atom stereocenters. The van der Waals surface area contributed by atoms with Crippen LogP contribution in [0.4, 0.5) is 0 Å². The van der Waals surface area contributed by atoms with E-state index in [0.717, 1.165) is 0 Å². The Hall–Kier alpha value is -0.320. The van der Waals surface area contributed by atoms with Crippen molar-refractivity contribution in [3.63, 3.8) is 0 Å². The van der Waals surface area contributed by atoms with E-state index in [0.29, 0.717) is 15.6 Å². The molecule has 16 heavy (non-hydrogen) atoms. The minimum absolute atomic E-state index is 0.283. The summed E-state index contributed by atoms with van der Waals surface area (Å²) in [6, 6.07) is 5.21. The molecule has 3 nitrogen and oxygen atoms in total. The molecule has 1 aromatic carbocycles. The van der Waals surface area contributed by atoms with Crippen LogP contribution < -0.4 is 0 Å². The average molecular weight is 265 g/mol. The van der Waals surface area contributed by atoms with Gasteiger partial charge in [0, 0.05) is 30.7 Å². The van der Waals surface area contributed by atoms with Crippen LogP contribution in [0.3, 0.4) is 0 Å². The molecule has 0 saturated carbocycles. The molecule has 1 aromatic rings. The van der Waals surface area contributed by atoms with Gasteiger partial charge in [-0.05, 0) is 17.7 Å². The molecule has 90 valence electrons. The summed E-state index contributed by atoms with van der Waals surface area (Å²) in [6.45, 7) is 0. The first-order valence-electron chi connectivity index (χ1n) is 4.76. The fourth-order valence-electron chi connectivity index (χ4n) is 1.44. The van der Waals surface area contributed by atoms with Crippen molar-refractivity contribution in [2.75, 3.05) is 14.2 Å². The number of methoxy groups -OCH3 is 2. The van der Waals surface area contributed by atoms with Crippen LogP contribution in [0.25, 0.3) is 0 Å². The minimum Gasteiger partial charge on any atom is -0.387 e. The minimum atomic E-state index is -0.813. The summed E-state index contributed by atoms with van der Waals surface area (Å²) < 4.78 is 9.91. The molecule has 0 bridgehead atoms. The maximum absolute atomic E-state index is 9.84. The number of rotatable bonds is 5. The highest BCUT2D eigenvalue weighted by Crippen LogP contribution is 2.26. The van der Waals surface area contributed by atoms with Crippen LogP contribution in [0.2, 0.25) is 10.0 Å². The van der Waals surface area contributed by atoms with Crippen molar-refractivity contribution in [1.82, 2.24) is 0 Å². The van der Waals surface area contributed by atoms with Crippen molar-refractivity contribution in [1.29, 1.82) is 0 Å². The molecule has 1 N–H and O–H groups in total. The highest BCUT2D eigenvalue weighted by molar-refractivity contribution is 6.35. The number of ether oxygens (including phenoxy) is 2. The highest BCUT2D eigenvalue weighted by atomic mass is 35.5. The molecular weight excluding hydrogens is 251 g/mol. The number of hydrogen-bond donors (Lipinski definition) is 1. The van der Waals surface area contributed by atoms with Gasteiger partial charge in [0.15, 0.2) is 6.29 Å². The van der Waals surface area contributed by atoms with Gasteiger partial charge in [-0.25, -0.2) is 0 Å². The lowest BCUT2D eigenvalue weighted by molar-refractivity contribution is -0.163. The molecule has 0 aliphatic carbocycles. The van der Waals surface area contributed by atoms with Gasteiger partial charge in [0.25, 0.3) is 0 Å². The largest absolute Gasteiger partial charge is 0.387 e. The summed E-state index contributed by atoms with van der Waals surface area (Å²) in [7, 11) is 2.93. The van der Waals surface area contributed by atoms with Crippen LogP contribution >= 0.6 is 23.2 Å². The number of hydrogen-bond acceptors (Lipinski definition) is 3. The van der Waals surface area contributed by atoms with Crippen molar-refractivity contribution >= 4 is 23.2 Å². The van der Waals surface area contributed by atoms with E-state index in [2.05, 4.69) is 0 Å². The lowest BCUT2D eigenvalue weighted by Crippen LogP contribution is -2.31. The molecule has 1 rings (SSSR count). The van der Waals surface area contributed by atoms with E-state index in [-0.39, 0.29) is 6.42 Å². The average Bonchev–Trinajstić information content (AvgIpc) is 2.25. The Labute approximate surface area is 105 Å². The van der Waals surface area contributed by atoms with E-state index in [1.54, 1.807) is 18.2 Å². The predicted octanol–water partition coefficient (Wildman–Crippen LogP) is 2.52. The Morgan fingerprint density at radius 1 is 1.19 bits per heavy atom. The third kappa shape index (κ3) is 3.34. The summed E-state index contributed by atoms with van der Waals surface area (Å²) in [5.41, 5.74) is 0.692. The first kappa shape index (κ1) is 13.7. The molecule has 0 aliphatic heterocycles. The van der Waals surface area contributed by atoms with Gasteiger partial charge < -0.3 is 14.6 Å². The summed E-state index contributed by atoms with van der Waals surface area (Å²) >= 11 is 12.0. The normalized spacial score (nSPS) is 13.1. The topological polar surface area (TPSA) is 38.7 Å². The van der Waals surface area contributed by atoms with Crippen LogP contribution in [0, 0.1) is 0 Å². The molecule has 0 heterocycles. The molecular formula is C11H14Cl2O3. The lowest BCUT2D eigenvalue weighted by Gasteiger charge is -2.20. The van der Waals surface area contributed by atoms with Crippen molar-refractivity contribution in [3.8, 4) is 0 Å². The first-order valence-corrected chi connectivity index (χ1v) is 5.52. The van der Waals surface area contributed by atoms with Crippen molar-refractivity contribution in [2.45, 2.75) is 18.8 Å². The van der Waals surface area contributed by atoms with E-state index < -0.39 is 12.4 Å². The van der Waals surface area contributed by atoms with Crippen LogP contribution in [0.5, 0.6) is 0 Å². The molecule has 0 aromatic heterocycles. The Kier molecular flexibility index (Phi) is 5.52. The van der Waals surface area contributed by atoms with E-state index in [4.69, 9.17) is 32.7 Å². The van der Waals surface area contributed by atoms with Crippen LogP contribution in [0.1, 0.15) is 5.56 Å². The monoisotopic (exact) mass is 264 g/mol. The van der Waals surface area contributed by atoms with Gasteiger partial charge in [-0.3, -0.25) is 0 Å². The standard InChI is InChI=1S/C11H14Cl2O3/c1-15-11(16-2)10(14)6-7-8(12)4-3-5-9(7)13/h3-5,10-11,14H,6H2,1-2H3. The number of benzene rings is 1. The molecule has 0 saturated heterocycles. The Bertz CT molecular complexity index is 320. The van der Waals surface area contributed by atoms with Crippen LogP contribution in [-0.4, -0.2) is 31.7 Å². The maximum atomic E-state index is 9.84. The van der Waals surface area contributed by atoms with Gasteiger partial charge in [0.05, 0.1) is 0 Å². The number of aliphatic hydroxyl groups is 1. The summed E-state index contributed by atoms with van der Waals surface area (Å²) in [6.07, 6.45) is -1.22. The Morgan fingerprint density at radius 2 is 1.69 bits per heavy atom. The zero-order chi connectivity index (χ0) is 12.1. The molecule has 0 fully saturated rings. The quantitative estimate of drug-likeness (QED) is 0.831. The zero-order valence-electron chi connectivity index (χ0n) is 9.11.